The molecule has 3 amide bonds. The van der Waals surface area contributed by atoms with Gasteiger partial charge in [0.2, 0.25) is 5.91 Å². The predicted molar refractivity (Wildman–Crippen MR) is 175 cm³/mol. The van der Waals surface area contributed by atoms with Gasteiger partial charge in [-0.25, -0.2) is 4.79 Å². The van der Waals surface area contributed by atoms with Crippen LogP contribution in [0.3, 0.4) is 0 Å². The summed E-state index contributed by atoms with van der Waals surface area (Å²) in [6, 6.07) is 18.1. The molecule has 0 aliphatic rings. The number of nitrogens with zero attached hydrogens (tertiary/aromatic N) is 1. The first kappa shape index (κ1) is 34.2. The van der Waals surface area contributed by atoms with Crippen molar-refractivity contribution < 1.29 is 24.2 Å². The van der Waals surface area contributed by atoms with Crippen LogP contribution in [0.5, 0.6) is 5.75 Å². The Morgan fingerprint density at radius 3 is 2.14 bits per heavy atom. The number of nitrogens with one attached hydrogen (secondary N) is 2. The van der Waals surface area contributed by atoms with Crippen LogP contribution in [-0.2, 0) is 20.7 Å². The minimum atomic E-state index is -1.03. The summed E-state index contributed by atoms with van der Waals surface area (Å²) in [5, 5.41) is 16.2. The first-order chi connectivity index (χ1) is 20.8. The molecule has 0 heterocycles. The Morgan fingerprint density at radius 1 is 0.886 bits per heavy atom. The summed E-state index contributed by atoms with van der Waals surface area (Å²) in [7, 11) is 0. The van der Waals surface area contributed by atoms with Crippen molar-refractivity contribution in [2.45, 2.75) is 91.8 Å². The number of hydrogen-bond acceptors (Lipinski definition) is 5. The molecule has 8 nitrogen and oxygen atoms in total. The fraction of sp³-hybridized carbons (Fsp3) is 0.417. The van der Waals surface area contributed by atoms with Gasteiger partial charge in [0.15, 0.2) is 0 Å². The lowest BCUT2D eigenvalue weighted by molar-refractivity contribution is -0.140. The highest BCUT2D eigenvalue weighted by atomic mass is 16.6. The highest BCUT2D eigenvalue weighted by Gasteiger charge is 2.36. The maximum absolute atomic E-state index is 14.6. The molecule has 0 radical (unpaired) electrons. The third kappa shape index (κ3) is 9.59. The van der Waals surface area contributed by atoms with Crippen LogP contribution in [0.2, 0.25) is 0 Å². The number of aryl methyl sites for hydroxylation is 3. The van der Waals surface area contributed by atoms with E-state index in [2.05, 4.69) is 17.6 Å². The molecule has 0 aliphatic heterocycles. The van der Waals surface area contributed by atoms with Crippen LogP contribution in [0, 0.1) is 20.8 Å². The number of hydrogen-bond donors (Lipinski definition) is 3. The number of phenols is 1. The van der Waals surface area contributed by atoms with E-state index in [0.717, 1.165) is 29.5 Å². The van der Waals surface area contributed by atoms with Gasteiger partial charge in [-0.3, -0.25) is 9.59 Å². The summed E-state index contributed by atoms with van der Waals surface area (Å²) in [6.45, 7) is 13.3. The van der Waals surface area contributed by atoms with Crippen LogP contribution in [0.4, 0.5) is 10.5 Å². The number of phenolic OH excluding ortho intramolecular Hbond substituents is 1. The highest BCUT2D eigenvalue weighted by Crippen LogP contribution is 2.30. The number of anilines is 1. The van der Waals surface area contributed by atoms with E-state index in [-0.39, 0.29) is 18.1 Å². The van der Waals surface area contributed by atoms with E-state index in [9.17, 15) is 19.5 Å². The van der Waals surface area contributed by atoms with Gasteiger partial charge in [-0.15, -0.1) is 0 Å². The third-order valence-corrected chi connectivity index (χ3v) is 7.38. The molecule has 3 rings (SSSR count). The van der Waals surface area contributed by atoms with E-state index in [1.54, 1.807) is 50.8 Å². The number of benzene rings is 3. The summed E-state index contributed by atoms with van der Waals surface area (Å²) < 4.78 is 5.53. The Hall–Kier alpha value is -4.33. The Balaban J connectivity index is 2.12. The molecule has 3 aromatic carbocycles. The smallest absolute Gasteiger partial charge is 0.408 e. The summed E-state index contributed by atoms with van der Waals surface area (Å²) in [4.78, 5) is 43.5. The first-order valence-electron chi connectivity index (χ1n) is 15.3. The minimum Gasteiger partial charge on any atom is -0.508 e. The quantitative estimate of drug-likeness (QED) is 0.191. The van der Waals surface area contributed by atoms with Crippen molar-refractivity contribution in [1.29, 1.82) is 0 Å². The van der Waals surface area contributed by atoms with Gasteiger partial charge in [0.05, 0.1) is 0 Å². The van der Waals surface area contributed by atoms with Crippen molar-refractivity contribution in [2.24, 2.45) is 0 Å². The molecule has 0 aliphatic carbocycles. The molecule has 44 heavy (non-hydrogen) atoms. The van der Waals surface area contributed by atoms with Gasteiger partial charge in [0.25, 0.3) is 5.91 Å². The van der Waals surface area contributed by atoms with E-state index in [1.807, 2.05) is 62.4 Å². The summed E-state index contributed by atoms with van der Waals surface area (Å²) in [6.07, 6.45) is 1.94. The van der Waals surface area contributed by atoms with Gasteiger partial charge >= 0.3 is 6.09 Å². The second kappa shape index (κ2) is 15.4. The van der Waals surface area contributed by atoms with Gasteiger partial charge in [-0.2, -0.15) is 0 Å². The first-order valence-corrected chi connectivity index (χ1v) is 15.3. The van der Waals surface area contributed by atoms with Crippen molar-refractivity contribution in [1.82, 2.24) is 10.2 Å². The highest BCUT2D eigenvalue weighted by molar-refractivity contribution is 6.00. The van der Waals surface area contributed by atoms with Crippen LogP contribution in [0.1, 0.15) is 80.8 Å². The van der Waals surface area contributed by atoms with Gasteiger partial charge in [0.1, 0.15) is 23.4 Å². The van der Waals surface area contributed by atoms with Crippen molar-refractivity contribution in [3.63, 3.8) is 0 Å². The number of unbranched alkanes of at least 4 members (excludes halogenated alkanes) is 2. The average molecular weight is 602 g/mol. The van der Waals surface area contributed by atoms with Crippen molar-refractivity contribution >= 4 is 23.6 Å². The maximum Gasteiger partial charge on any atom is 0.408 e. The molecular weight excluding hydrogens is 554 g/mol. The molecule has 0 aromatic heterocycles. The lowest BCUT2D eigenvalue weighted by Gasteiger charge is -2.35. The normalized spacial score (nSPS) is 12.6. The van der Waals surface area contributed by atoms with Crippen molar-refractivity contribution in [3.05, 3.63) is 94.5 Å². The SMILES string of the molecule is CCCCCN(C(=O)C(Cc1ccccc1)NC(=O)OC(C)(C)C)C(C(=O)Nc1c(C)cccc1C)c1ccc(O)c(C)c1. The predicted octanol–water partition coefficient (Wildman–Crippen LogP) is 7.15. The monoisotopic (exact) mass is 601 g/mol. The van der Waals surface area contributed by atoms with Crippen LogP contribution in [-0.4, -0.2) is 46.1 Å². The number of carbonyl (C=O) groups is 3. The molecule has 8 heteroatoms. The lowest BCUT2D eigenvalue weighted by Crippen LogP contribution is -2.53. The van der Waals surface area contributed by atoms with Gasteiger partial charge in [-0.05, 0) is 87.9 Å². The Kier molecular flexibility index (Phi) is 12.0. The van der Waals surface area contributed by atoms with E-state index in [4.69, 9.17) is 4.74 Å². The molecule has 236 valence electrons. The number of alkyl carbamates (subject to hydrolysis) is 1. The standard InChI is InChI=1S/C36H47N3O5/c1-8-9-13-21-39(34(42)29(23-27-17-11-10-12-18-27)37-35(43)44-36(5,6)7)32(28-19-20-30(40)26(4)22-28)33(41)38-31-24(2)15-14-16-25(31)3/h10-12,14-20,22,29,32,40H,8-9,13,21,23H2,1-7H3,(H,37,43)(H,38,41). The van der Waals surface area contributed by atoms with Gasteiger partial charge < -0.3 is 25.4 Å². The molecule has 2 atom stereocenters. The Labute approximate surface area is 261 Å². The topological polar surface area (TPSA) is 108 Å². The molecule has 0 saturated heterocycles. The fourth-order valence-electron chi connectivity index (χ4n) is 5.12. The number of amides is 3. The molecular formula is C36H47N3O5. The number of rotatable bonds is 12. The summed E-state index contributed by atoms with van der Waals surface area (Å²) in [5.41, 5.74) is 3.72. The zero-order valence-corrected chi connectivity index (χ0v) is 27.1. The largest absolute Gasteiger partial charge is 0.508 e. The molecule has 2 unspecified atom stereocenters. The van der Waals surface area contributed by atoms with Crippen molar-refractivity contribution in [2.75, 3.05) is 11.9 Å². The molecule has 0 bridgehead atoms. The average Bonchev–Trinajstić information content (AvgIpc) is 2.95. The number of aromatic hydroxyl groups is 1. The molecule has 0 fully saturated rings. The Morgan fingerprint density at radius 2 is 1.55 bits per heavy atom. The summed E-state index contributed by atoms with van der Waals surface area (Å²) >= 11 is 0. The third-order valence-electron chi connectivity index (χ3n) is 7.38. The lowest BCUT2D eigenvalue weighted by atomic mass is 9.98. The van der Waals surface area contributed by atoms with Crippen LogP contribution in [0.15, 0.2) is 66.7 Å². The van der Waals surface area contributed by atoms with Crippen LogP contribution < -0.4 is 10.6 Å². The number of carbonyl (C=O) groups excluding carboxylic acids is 3. The second-order valence-corrected chi connectivity index (χ2v) is 12.3. The van der Waals surface area contributed by atoms with E-state index < -0.39 is 29.7 Å². The molecule has 3 aromatic rings. The van der Waals surface area contributed by atoms with E-state index in [0.29, 0.717) is 29.8 Å². The van der Waals surface area contributed by atoms with Crippen LogP contribution >= 0.6 is 0 Å². The van der Waals surface area contributed by atoms with Crippen LogP contribution in [0.25, 0.3) is 0 Å². The summed E-state index contributed by atoms with van der Waals surface area (Å²) in [5.74, 6) is -0.684. The minimum absolute atomic E-state index is 0.0973. The van der Waals surface area contributed by atoms with E-state index in [1.165, 1.54) is 0 Å². The second-order valence-electron chi connectivity index (χ2n) is 12.3. The van der Waals surface area contributed by atoms with E-state index >= 15 is 0 Å². The molecule has 0 spiro atoms. The maximum atomic E-state index is 14.6. The molecule has 3 N–H and O–H groups in total. The van der Waals surface area contributed by atoms with Gasteiger partial charge in [0, 0.05) is 18.7 Å². The van der Waals surface area contributed by atoms with Gasteiger partial charge in [-0.1, -0.05) is 74.4 Å². The fourth-order valence-corrected chi connectivity index (χ4v) is 5.12. The zero-order chi connectivity index (χ0) is 32.4. The number of para-hydroxylation sites is 1. The Bertz CT molecular complexity index is 1410. The zero-order valence-electron chi connectivity index (χ0n) is 27.1. The number of ether oxygens (including phenoxy) is 1. The molecule has 0 saturated carbocycles. The van der Waals surface area contributed by atoms with Crippen molar-refractivity contribution in [3.8, 4) is 5.75 Å².